The Bertz CT molecular complexity index is 466. The summed E-state index contributed by atoms with van der Waals surface area (Å²) in [5.41, 5.74) is 7.42. The van der Waals surface area contributed by atoms with Gasteiger partial charge in [-0.3, -0.25) is 4.98 Å². The van der Waals surface area contributed by atoms with E-state index in [0.29, 0.717) is 6.54 Å². The molecule has 2 N–H and O–H groups in total. The largest absolute Gasteiger partial charge is 0.330 e. The smallest absolute Gasteiger partial charge is 0.133 e. The van der Waals surface area contributed by atoms with Crippen LogP contribution >= 0.6 is 0 Å². The summed E-state index contributed by atoms with van der Waals surface area (Å²) < 4.78 is 0. The molecule has 17 heavy (non-hydrogen) atoms. The molecule has 0 saturated heterocycles. The first-order chi connectivity index (χ1) is 8.35. The Morgan fingerprint density at radius 1 is 1.12 bits per heavy atom. The Morgan fingerprint density at radius 2 is 2.00 bits per heavy atom. The first-order valence-corrected chi connectivity index (χ1v) is 5.79. The normalized spacial score (nSPS) is 12.4. The number of nitrogens with two attached hydrogens (primary N) is 1. The molecule has 0 aromatic carbocycles. The number of nitrogens with zero attached hydrogens (tertiary/aromatic N) is 3. The van der Waals surface area contributed by atoms with E-state index in [1.54, 1.807) is 12.4 Å². The van der Waals surface area contributed by atoms with Gasteiger partial charge in [-0.15, -0.1) is 0 Å². The molecule has 88 valence electrons. The van der Waals surface area contributed by atoms with Crippen LogP contribution in [0.15, 0.2) is 36.7 Å². The van der Waals surface area contributed by atoms with Crippen molar-refractivity contribution in [3.63, 3.8) is 0 Å². The maximum absolute atomic E-state index is 5.71. The average molecular weight is 228 g/mol. The Kier molecular flexibility index (Phi) is 3.77. The minimum absolute atomic E-state index is 0.221. The zero-order valence-corrected chi connectivity index (χ0v) is 9.87. The van der Waals surface area contributed by atoms with E-state index in [-0.39, 0.29) is 5.92 Å². The van der Waals surface area contributed by atoms with Crippen LogP contribution in [0, 0.1) is 0 Å². The molecule has 0 saturated carbocycles. The summed E-state index contributed by atoms with van der Waals surface area (Å²) in [5.74, 6) is 1.02. The molecule has 2 aromatic rings. The molecule has 2 rings (SSSR count). The number of pyridine rings is 1. The molecule has 4 heteroatoms. The van der Waals surface area contributed by atoms with Crippen LogP contribution in [0.3, 0.4) is 0 Å². The number of aromatic nitrogens is 3. The van der Waals surface area contributed by atoms with Crippen LogP contribution in [-0.4, -0.2) is 21.5 Å². The third-order valence-electron chi connectivity index (χ3n) is 2.74. The molecule has 0 aliphatic carbocycles. The van der Waals surface area contributed by atoms with Crippen molar-refractivity contribution in [2.24, 2.45) is 5.73 Å². The van der Waals surface area contributed by atoms with Crippen LogP contribution in [0.4, 0.5) is 0 Å². The molecular weight excluding hydrogens is 212 g/mol. The standard InChI is InChI=1S/C13H16N4/c1-2-10(9-14)13-16-8-6-12(17-13)11-5-3-4-7-15-11/h3-8,10H,2,9,14H2,1H3. The second kappa shape index (κ2) is 5.50. The first kappa shape index (κ1) is 11.7. The van der Waals surface area contributed by atoms with Crippen LogP contribution in [-0.2, 0) is 0 Å². The van der Waals surface area contributed by atoms with Gasteiger partial charge in [0, 0.05) is 24.9 Å². The fraction of sp³-hybridized carbons (Fsp3) is 0.308. The lowest BCUT2D eigenvalue weighted by molar-refractivity contribution is 0.631. The molecule has 1 atom stereocenters. The van der Waals surface area contributed by atoms with Crippen molar-refractivity contribution >= 4 is 0 Å². The monoisotopic (exact) mass is 228 g/mol. The summed E-state index contributed by atoms with van der Waals surface area (Å²) in [7, 11) is 0. The molecule has 2 aromatic heterocycles. The highest BCUT2D eigenvalue weighted by molar-refractivity contribution is 5.52. The van der Waals surface area contributed by atoms with Crippen LogP contribution in [0.25, 0.3) is 11.4 Å². The highest BCUT2D eigenvalue weighted by Gasteiger charge is 2.11. The summed E-state index contributed by atoms with van der Waals surface area (Å²) in [5, 5.41) is 0. The molecular formula is C13H16N4. The zero-order chi connectivity index (χ0) is 12.1. The van der Waals surface area contributed by atoms with Gasteiger partial charge in [-0.05, 0) is 24.6 Å². The van der Waals surface area contributed by atoms with E-state index < -0.39 is 0 Å². The van der Waals surface area contributed by atoms with Gasteiger partial charge >= 0.3 is 0 Å². The Morgan fingerprint density at radius 3 is 2.65 bits per heavy atom. The van der Waals surface area contributed by atoms with E-state index in [1.165, 1.54) is 0 Å². The Balaban J connectivity index is 2.35. The zero-order valence-electron chi connectivity index (χ0n) is 9.87. The lowest BCUT2D eigenvalue weighted by atomic mass is 10.1. The van der Waals surface area contributed by atoms with Gasteiger partial charge in [0.25, 0.3) is 0 Å². The molecule has 0 bridgehead atoms. The summed E-state index contributed by atoms with van der Waals surface area (Å²) in [6.45, 7) is 2.66. The average Bonchev–Trinajstić information content (AvgIpc) is 2.42. The van der Waals surface area contributed by atoms with Gasteiger partial charge in [0.15, 0.2) is 0 Å². The summed E-state index contributed by atoms with van der Waals surface area (Å²) in [6.07, 6.45) is 4.48. The van der Waals surface area contributed by atoms with E-state index in [9.17, 15) is 0 Å². The van der Waals surface area contributed by atoms with E-state index in [2.05, 4.69) is 21.9 Å². The van der Waals surface area contributed by atoms with Gasteiger partial charge in [0.05, 0.1) is 11.4 Å². The van der Waals surface area contributed by atoms with E-state index >= 15 is 0 Å². The van der Waals surface area contributed by atoms with Crippen molar-refractivity contribution in [3.05, 3.63) is 42.5 Å². The van der Waals surface area contributed by atoms with Crippen molar-refractivity contribution in [1.29, 1.82) is 0 Å². The lowest BCUT2D eigenvalue weighted by Crippen LogP contribution is -2.14. The van der Waals surface area contributed by atoms with Crippen molar-refractivity contribution < 1.29 is 0 Å². The quantitative estimate of drug-likeness (QED) is 0.869. The van der Waals surface area contributed by atoms with Gasteiger partial charge in [-0.2, -0.15) is 0 Å². The minimum Gasteiger partial charge on any atom is -0.330 e. The topological polar surface area (TPSA) is 64.7 Å². The highest BCUT2D eigenvalue weighted by Crippen LogP contribution is 2.18. The van der Waals surface area contributed by atoms with E-state index in [0.717, 1.165) is 23.6 Å². The number of hydrogen-bond acceptors (Lipinski definition) is 4. The van der Waals surface area contributed by atoms with Gasteiger partial charge in [0.1, 0.15) is 5.82 Å². The fourth-order valence-electron chi connectivity index (χ4n) is 1.68. The maximum atomic E-state index is 5.71. The van der Waals surface area contributed by atoms with Crippen LogP contribution in [0.1, 0.15) is 25.1 Å². The van der Waals surface area contributed by atoms with Gasteiger partial charge in [-0.1, -0.05) is 13.0 Å². The summed E-state index contributed by atoms with van der Waals surface area (Å²) >= 11 is 0. The summed E-state index contributed by atoms with van der Waals surface area (Å²) in [6, 6.07) is 7.65. The second-order valence-electron chi connectivity index (χ2n) is 3.86. The highest BCUT2D eigenvalue weighted by atomic mass is 14.9. The van der Waals surface area contributed by atoms with Crippen molar-refractivity contribution in [3.8, 4) is 11.4 Å². The molecule has 0 amide bonds. The van der Waals surface area contributed by atoms with Gasteiger partial charge in [-0.25, -0.2) is 9.97 Å². The third-order valence-corrected chi connectivity index (χ3v) is 2.74. The minimum atomic E-state index is 0.221. The maximum Gasteiger partial charge on any atom is 0.133 e. The number of hydrogen-bond donors (Lipinski definition) is 1. The van der Waals surface area contributed by atoms with Crippen LogP contribution in [0.5, 0.6) is 0 Å². The molecule has 2 heterocycles. The fourth-order valence-corrected chi connectivity index (χ4v) is 1.68. The molecule has 1 unspecified atom stereocenters. The van der Waals surface area contributed by atoms with Crippen molar-refractivity contribution in [1.82, 2.24) is 15.0 Å². The Labute approximate surface area is 101 Å². The van der Waals surface area contributed by atoms with Crippen molar-refractivity contribution in [2.45, 2.75) is 19.3 Å². The summed E-state index contributed by atoms with van der Waals surface area (Å²) in [4.78, 5) is 13.1. The molecule has 4 nitrogen and oxygen atoms in total. The first-order valence-electron chi connectivity index (χ1n) is 5.79. The van der Waals surface area contributed by atoms with E-state index in [4.69, 9.17) is 5.73 Å². The molecule has 0 spiro atoms. The second-order valence-corrected chi connectivity index (χ2v) is 3.86. The van der Waals surface area contributed by atoms with Gasteiger partial charge < -0.3 is 5.73 Å². The van der Waals surface area contributed by atoms with Crippen LogP contribution in [0.2, 0.25) is 0 Å². The Hall–Kier alpha value is -1.81. The predicted molar refractivity (Wildman–Crippen MR) is 67.3 cm³/mol. The molecule has 0 fully saturated rings. The van der Waals surface area contributed by atoms with Crippen molar-refractivity contribution in [2.75, 3.05) is 6.54 Å². The predicted octanol–water partition coefficient (Wildman–Crippen LogP) is 1.99. The molecule has 0 radical (unpaired) electrons. The third kappa shape index (κ3) is 2.65. The lowest BCUT2D eigenvalue weighted by Gasteiger charge is -2.11. The molecule has 0 aliphatic rings. The van der Waals surface area contributed by atoms with E-state index in [1.807, 2.05) is 24.3 Å². The number of rotatable bonds is 4. The van der Waals surface area contributed by atoms with Crippen LogP contribution < -0.4 is 5.73 Å². The SMILES string of the molecule is CCC(CN)c1nccc(-c2ccccn2)n1. The molecule has 0 aliphatic heterocycles. The van der Waals surface area contributed by atoms with Gasteiger partial charge in [0.2, 0.25) is 0 Å².